The number of nitrogens with two attached hydrogens (primary N) is 1. The Morgan fingerprint density at radius 3 is 2.62 bits per heavy atom. The molecule has 0 saturated heterocycles. The number of ether oxygens (including phenoxy) is 1. The Morgan fingerprint density at radius 2 is 2.00 bits per heavy atom. The molecular formula is C22H34N2O2. The minimum absolute atomic E-state index is 0.0109. The Balaban J connectivity index is 2.04. The Bertz CT molecular complexity index is 606. The first-order valence-electron chi connectivity index (χ1n) is 9.94. The molecule has 4 heteroatoms. The summed E-state index contributed by atoms with van der Waals surface area (Å²) >= 11 is 0. The summed E-state index contributed by atoms with van der Waals surface area (Å²) in [5.41, 5.74) is 7.33. The van der Waals surface area contributed by atoms with Crippen LogP contribution in [0.15, 0.2) is 30.8 Å². The van der Waals surface area contributed by atoms with Crippen LogP contribution < -0.4 is 10.5 Å². The van der Waals surface area contributed by atoms with Crippen LogP contribution in [0.25, 0.3) is 5.57 Å². The molecule has 1 amide bonds. The van der Waals surface area contributed by atoms with Crippen molar-refractivity contribution in [3.8, 4) is 5.75 Å². The van der Waals surface area contributed by atoms with Crippen molar-refractivity contribution in [3.05, 3.63) is 36.4 Å². The van der Waals surface area contributed by atoms with Crippen molar-refractivity contribution >= 4 is 11.5 Å². The highest BCUT2D eigenvalue weighted by molar-refractivity contribution is 6.18. The van der Waals surface area contributed by atoms with Crippen molar-refractivity contribution in [1.29, 1.82) is 0 Å². The van der Waals surface area contributed by atoms with Crippen molar-refractivity contribution < 1.29 is 9.53 Å². The molecule has 1 fully saturated rings. The smallest absolute Gasteiger partial charge is 0.253 e. The molecule has 1 aromatic rings. The van der Waals surface area contributed by atoms with Gasteiger partial charge in [-0.15, -0.1) is 0 Å². The van der Waals surface area contributed by atoms with Gasteiger partial charge in [0.05, 0.1) is 6.10 Å². The SMILES string of the molecule is C=C(C(=O)N(C)[C@H]1CC[C@H](N)CC1)c1cccc(OC(CC)CCC)c1. The molecule has 0 heterocycles. The maximum absolute atomic E-state index is 12.9. The third-order valence-electron chi connectivity index (χ3n) is 5.42. The first kappa shape index (κ1) is 20.5. The van der Waals surface area contributed by atoms with Gasteiger partial charge in [0.15, 0.2) is 0 Å². The Kier molecular flexibility index (Phi) is 7.70. The van der Waals surface area contributed by atoms with Crippen LogP contribution in [0, 0.1) is 0 Å². The van der Waals surface area contributed by atoms with Crippen LogP contribution in [0.2, 0.25) is 0 Å². The van der Waals surface area contributed by atoms with Crippen LogP contribution in [0.5, 0.6) is 5.75 Å². The maximum atomic E-state index is 12.9. The van der Waals surface area contributed by atoms with Gasteiger partial charge in [-0.25, -0.2) is 0 Å². The van der Waals surface area contributed by atoms with Gasteiger partial charge in [0.1, 0.15) is 5.75 Å². The summed E-state index contributed by atoms with van der Waals surface area (Å²) in [4.78, 5) is 14.7. The molecule has 2 rings (SSSR count). The fraction of sp³-hybridized carbons (Fsp3) is 0.591. The number of amides is 1. The lowest BCUT2D eigenvalue weighted by Crippen LogP contribution is -2.42. The summed E-state index contributed by atoms with van der Waals surface area (Å²) in [7, 11) is 1.88. The zero-order valence-corrected chi connectivity index (χ0v) is 16.5. The van der Waals surface area contributed by atoms with E-state index in [0.717, 1.165) is 56.3 Å². The summed E-state index contributed by atoms with van der Waals surface area (Å²) < 4.78 is 6.08. The molecule has 26 heavy (non-hydrogen) atoms. The average molecular weight is 359 g/mol. The van der Waals surface area contributed by atoms with Crippen molar-refractivity contribution in [2.45, 2.75) is 77.0 Å². The molecule has 0 aromatic heterocycles. The van der Waals surface area contributed by atoms with E-state index in [1.165, 1.54) is 0 Å². The molecule has 1 aliphatic rings. The fourth-order valence-corrected chi connectivity index (χ4v) is 3.61. The molecule has 0 spiro atoms. The molecule has 0 bridgehead atoms. The summed E-state index contributed by atoms with van der Waals surface area (Å²) in [6.45, 7) is 8.36. The van der Waals surface area contributed by atoms with Gasteiger partial charge in [-0.3, -0.25) is 4.79 Å². The summed E-state index contributed by atoms with van der Waals surface area (Å²) in [6, 6.07) is 8.28. The van der Waals surface area contributed by atoms with Gasteiger partial charge < -0.3 is 15.4 Å². The second-order valence-corrected chi connectivity index (χ2v) is 7.43. The number of carbonyl (C=O) groups excluding carboxylic acids is 1. The predicted molar refractivity (Wildman–Crippen MR) is 108 cm³/mol. The Labute approximate surface area is 158 Å². The van der Waals surface area contributed by atoms with Crippen molar-refractivity contribution in [2.24, 2.45) is 5.73 Å². The number of benzene rings is 1. The highest BCUT2D eigenvalue weighted by Crippen LogP contribution is 2.26. The number of hydrogen-bond acceptors (Lipinski definition) is 3. The molecule has 1 aromatic carbocycles. The van der Waals surface area contributed by atoms with E-state index < -0.39 is 0 Å². The second-order valence-electron chi connectivity index (χ2n) is 7.43. The van der Waals surface area contributed by atoms with E-state index in [4.69, 9.17) is 10.5 Å². The fourth-order valence-electron chi connectivity index (χ4n) is 3.61. The number of hydrogen-bond donors (Lipinski definition) is 1. The monoisotopic (exact) mass is 358 g/mol. The average Bonchev–Trinajstić information content (AvgIpc) is 2.66. The molecule has 1 saturated carbocycles. The van der Waals surface area contributed by atoms with E-state index in [9.17, 15) is 4.79 Å². The van der Waals surface area contributed by atoms with Crippen molar-refractivity contribution in [3.63, 3.8) is 0 Å². The number of likely N-dealkylation sites (N-methyl/N-ethyl adjacent to an activating group) is 1. The number of nitrogens with zero attached hydrogens (tertiary/aromatic N) is 1. The number of carbonyl (C=O) groups is 1. The van der Waals surface area contributed by atoms with E-state index in [2.05, 4.69) is 20.4 Å². The van der Waals surface area contributed by atoms with Gasteiger partial charge in [0.25, 0.3) is 5.91 Å². The quantitative estimate of drug-likeness (QED) is 0.701. The molecular weight excluding hydrogens is 324 g/mol. The maximum Gasteiger partial charge on any atom is 0.253 e. The van der Waals surface area contributed by atoms with Gasteiger partial charge in [0.2, 0.25) is 0 Å². The molecule has 144 valence electrons. The Morgan fingerprint density at radius 1 is 1.31 bits per heavy atom. The minimum Gasteiger partial charge on any atom is -0.490 e. The van der Waals surface area contributed by atoms with Crippen LogP contribution in [-0.4, -0.2) is 36.0 Å². The third-order valence-corrected chi connectivity index (χ3v) is 5.42. The lowest BCUT2D eigenvalue weighted by atomic mass is 9.90. The molecule has 1 atom stereocenters. The molecule has 4 nitrogen and oxygen atoms in total. The van der Waals surface area contributed by atoms with Crippen LogP contribution in [-0.2, 0) is 4.79 Å². The van der Waals surface area contributed by atoms with E-state index in [-0.39, 0.29) is 24.1 Å². The van der Waals surface area contributed by atoms with Crippen LogP contribution in [0.3, 0.4) is 0 Å². The second kappa shape index (κ2) is 9.77. The van der Waals surface area contributed by atoms with Crippen LogP contribution in [0.4, 0.5) is 0 Å². The molecule has 0 radical (unpaired) electrons. The van der Waals surface area contributed by atoms with Gasteiger partial charge in [0, 0.05) is 24.7 Å². The Hall–Kier alpha value is -1.81. The zero-order chi connectivity index (χ0) is 19.1. The van der Waals surface area contributed by atoms with E-state index in [0.29, 0.717) is 5.57 Å². The van der Waals surface area contributed by atoms with Gasteiger partial charge in [-0.2, -0.15) is 0 Å². The van der Waals surface area contributed by atoms with E-state index >= 15 is 0 Å². The van der Waals surface area contributed by atoms with E-state index in [1.807, 2.05) is 36.2 Å². The normalized spacial score (nSPS) is 21.1. The van der Waals surface area contributed by atoms with Gasteiger partial charge in [-0.1, -0.05) is 39.0 Å². The third kappa shape index (κ3) is 5.34. The highest BCUT2D eigenvalue weighted by atomic mass is 16.5. The lowest BCUT2D eigenvalue weighted by Gasteiger charge is -2.34. The standard InChI is InChI=1S/C22H34N2O2/c1-5-8-20(6-2)26-21-10-7-9-17(15-21)16(3)22(25)24(4)19-13-11-18(23)12-14-19/h7,9-10,15,18-20H,3,5-6,8,11-14,23H2,1-2,4H3/t18-,19-,20?. The molecule has 1 aliphatic carbocycles. The van der Waals surface area contributed by atoms with Gasteiger partial charge >= 0.3 is 0 Å². The highest BCUT2D eigenvalue weighted by Gasteiger charge is 2.26. The topological polar surface area (TPSA) is 55.6 Å². The van der Waals surface area contributed by atoms with Crippen molar-refractivity contribution in [2.75, 3.05) is 7.05 Å². The summed E-state index contributed by atoms with van der Waals surface area (Å²) in [5.74, 6) is 0.797. The summed E-state index contributed by atoms with van der Waals surface area (Å²) in [6.07, 6.45) is 7.22. The largest absolute Gasteiger partial charge is 0.490 e. The predicted octanol–water partition coefficient (Wildman–Crippen LogP) is 4.39. The minimum atomic E-state index is -0.0109. The first-order chi connectivity index (χ1) is 12.5. The molecule has 2 N–H and O–H groups in total. The van der Waals surface area contributed by atoms with Crippen LogP contribution in [0.1, 0.15) is 64.4 Å². The van der Waals surface area contributed by atoms with Gasteiger partial charge in [-0.05, 0) is 56.2 Å². The summed E-state index contributed by atoms with van der Waals surface area (Å²) in [5, 5.41) is 0. The van der Waals surface area contributed by atoms with E-state index in [1.54, 1.807) is 0 Å². The lowest BCUT2D eigenvalue weighted by molar-refractivity contribution is -0.126. The molecule has 0 aliphatic heterocycles. The van der Waals surface area contributed by atoms with Crippen molar-refractivity contribution in [1.82, 2.24) is 4.90 Å². The first-order valence-corrected chi connectivity index (χ1v) is 9.94. The zero-order valence-electron chi connectivity index (χ0n) is 16.5. The number of rotatable bonds is 8. The van der Waals surface area contributed by atoms with Crippen LogP contribution >= 0.6 is 0 Å². The molecule has 1 unspecified atom stereocenters.